The summed E-state index contributed by atoms with van der Waals surface area (Å²) in [6.07, 6.45) is -1.04. The molecule has 0 spiro atoms. The molecule has 10 heavy (non-hydrogen) atoms. The molecule has 0 unspecified atom stereocenters. The summed E-state index contributed by atoms with van der Waals surface area (Å²) < 4.78 is 23.7. The fourth-order valence-corrected chi connectivity index (χ4v) is 1.27. The lowest BCUT2D eigenvalue weighted by atomic mass is 10.0. The number of halogens is 2. The van der Waals surface area contributed by atoms with Crippen LogP contribution < -0.4 is 0 Å². The minimum atomic E-state index is -2.10. The quantitative estimate of drug-likeness (QED) is 0.589. The van der Waals surface area contributed by atoms with Crippen LogP contribution in [0.1, 0.15) is 13.3 Å². The molecule has 0 bridgehead atoms. The summed E-state index contributed by atoms with van der Waals surface area (Å²) in [5, 5.41) is 0. The van der Waals surface area contributed by atoms with Crippen molar-refractivity contribution >= 4 is 0 Å². The van der Waals surface area contributed by atoms with E-state index >= 15 is 0 Å². The summed E-state index contributed by atoms with van der Waals surface area (Å²) in [7, 11) is 0. The molecule has 1 rings (SSSR count). The molecule has 3 heteroatoms. The molecule has 1 saturated heterocycles. The Kier molecular flexibility index (Phi) is 2.60. The SMILES string of the molecule is CCCN1CC(C(F)F)C1. The molecule has 0 aromatic carbocycles. The first-order valence-electron chi connectivity index (χ1n) is 3.74. The molecule has 1 aliphatic heterocycles. The van der Waals surface area contributed by atoms with Crippen LogP contribution in [0, 0.1) is 5.92 Å². The summed E-state index contributed by atoms with van der Waals surface area (Å²) in [4.78, 5) is 2.07. The van der Waals surface area contributed by atoms with Crippen LogP contribution in [-0.2, 0) is 0 Å². The third kappa shape index (κ3) is 1.66. The van der Waals surface area contributed by atoms with Crippen molar-refractivity contribution in [3.8, 4) is 0 Å². The molecule has 0 aromatic rings. The Morgan fingerprint density at radius 3 is 2.50 bits per heavy atom. The molecule has 1 aliphatic rings. The second-order valence-electron chi connectivity index (χ2n) is 2.85. The minimum absolute atomic E-state index is 0.341. The Morgan fingerprint density at radius 2 is 2.10 bits per heavy atom. The molecular weight excluding hydrogens is 136 g/mol. The highest BCUT2D eigenvalue weighted by Gasteiger charge is 2.32. The average molecular weight is 149 g/mol. The zero-order chi connectivity index (χ0) is 7.56. The molecule has 60 valence electrons. The van der Waals surface area contributed by atoms with Crippen LogP contribution in [0.15, 0.2) is 0 Å². The predicted molar refractivity (Wildman–Crippen MR) is 36.2 cm³/mol. The second kappa shape index (κ2) is 3.28. The van der Waals surface area contributed by atoms with Gasteiger partial charge in [-0.05, 0) is 13.0 Å². The van der Waals surface area contributed by atoms with Gasteiger partial charge in [-0.2, -0.15) is 0 Å². The molecule has 1 nitrogen and oxygen atoms in total. The van der Waals surface area contributed by atoms with E-state index in [0.29, 0.717) is 13.1 Å². The Morgan fingerprint density at radius 1 is 1.50 bits per heavy atom. The number of alkyl halides is 2. The van der Waals surface area contributed by atoms with Gasteiger partial charge in [-0.15, -0.1) is 0 Å². The molecule has 0 amide bonds. The normalized spacial score (nSPS) is 21.6. The van der Waals surface area contributed by atoms with Crippen molar-refractivity contribution in [3.05, 3.63) is 0 Å². The maximum atomic E-state index is 11.9. The van der Waals surface area contributed by atoms with Gasteiger partial charge in [0.25, 0.3) is 0 Å². The van der Waals surface area contributed by atoms with Crippen LogP contribution in [0.5, 0.6) is 0 Å². The van der Waals surface area contributed by atoms with E-state index in [0.717, 1.165) is 13.0 Å². The number of hydrogen-bond acceptors (Lipinski definition) is 1. The average Bonchev–Trinajstić information content (AvgIpc) is 1.76. The lowest BCUT2D eigenvalue weighted by Crippen LogP contribution is -2.49. The smallest absolute Gasteiger partial charge is 0.243 e. The first kappa shape index (κ1) is 7.92. The van der Waals surface area contributed by atoms with Crippen LogP contribution in [0.25, 0.3) is 0 Å². The highest BCUT2D eigenvalue weighted by molar-refractivity contribution is 4.80. The van der Waals surface area contributed by atoms with E-state index in [1.807, 2.05) is 0 Å². The van der Waals surface area contributed by atoms with Gasteiger partial charge in [0.05, 0.1) is 0 Å². The standard InChI is InChI=1S/C7H13F2N/c1-2-3-10-4-6(5-10)7(8)9/h6-7H,2-5H2,1H3. The Labute approximate surface area is 60.0 Å². The van der Waals surface area contributed by atoms with Crippen LogP contribution in [0.2, 0.25) is 0 Å². The van der Waals surface area contributed by atoms with Crippen molar-refractivity contribution in [1.29, 1.82) is 0 Å². The molecule has 1 heterocycles. The van der Waals surface area contributed by atoms with Gasteiger partial charge < -0.3 is 4.90 Å². The van der Waals surface area contributed by atoms with Crippen molar-refractivity contribution in [2.24, 2.45) is 5.92 Å². The van der Waals surface area contributed by atoms with Gasteiger partial charge in [0.2, 0.25) is 6.43 Å². The van der Waals surface area contributed by atoms with Crippen LogP contribution in [0.4, 0.5) is 8.78 Å². The maximum Gasteiger partial charge on any atom is 0.243 e. The monoisotopic (exact) mass is 149 g/mol. The number of rotatable bonds is 3. The van der Waals surface area contributed by atoms with E-state index in [1.54, 1.807) is 0 Å². The van der Waals surface area contributed by atoms with Gasteiger partial charge >= 0.3 is 0 Å². The van der Waals surface area contributed by atoms with E-state index in [-0.39, 0.29) is 5.92 Å². The van der Waals surface area contributed by atoms with Gasteiger partial charge in [0.15, 0.2) is 0 Å². The third-order valence-electron chi connectivity index (χ3n) is 1.88. The zero-order valence-electron chi connectivity index (χ0n) is 6.19. The fourth-order valence-electron chi connectivity index (χ4n) is 1.27. The second-order valence-corrected chi connectivity index (χ2v) is 2.85. The van der Waals surface area contributed by atoms with Gasteiger partial charge in [0.1, 0.15) is 0 Å². The van der Waals surface area contributed by atoms with Crippen LogP contribution in [0.3, 0.4) is 0 Å². The maximum absolute atomic E-state index is 11.9. The molecular formula is C7H13F2N. The molecule has 0 aromatic heterocycles. The molecule has 1 fully saturated rings. The predicted octanol–water partition coefficient (Wildman–Crippen LogP) is 1.59. The van der Waals surface area contributed by atoms with Gasteiger partial charge in [-0.3, -0.25) is 0 Å². The van der Waals surface area contributed by atoms with Gasteiger partial charge in [-0.25, -0.2) is 8.78 Å². The van der Waals surface area contributed by atoms with Crippen LogP contribution >= 0.6 is 0 Å². The summed E-state index contributed by atoms with van der Waals surface area (Å²) in [5.41, 5.74) is 0. The Bertz CT molecular complexity index is 99.8. The minimum Gasteiger partial charge on any atom is -0.302 e. The van der Waals surface area contributed by atoms with E-state index in [9.17, 15) is 8.78 Å². The largest absolute Gasteiger partial charge is 0.302 e. The molecule has 0 N–H and O–H groups in total. The van der Waals surface area contributed by atoms with Crippen molar-refractivity contribution < 1.29 is 8.78 Å². The number of likely N-dealkylation sites (tertiary alicyclic amines) is 1. The fraction of sp³-hybridized carbons (Fsp3) is 1.00. The highest BCUT2D eigenvalue weighted by Crippen LogP contribution is 2.21. The summed E-state index contributed by atoms with van der Waals surface area (Å²) in [5.74, 6) is -0.341. The third-order valence-corrected chi connectivity index (χ3v) is 1.88. The van der Waals surface area contributed by atoms with Gasteiger partial charge in [-0.1, -0.05) is 6.92 Å². The molecule has 0 radical (unpaired) electrons. The Hall–Kier alpha value is -0.180. The highest BCUT2D eigenvalue weighted by atomic mass is 19.3. The zero-order valence-corrected chi connectivity index (χ0v) is 6.19. The topological polar surface area (TPSA) is 3.24 Å². The van der Waals surface area contributed by atoms with Gasteiger partial charge in [0, 0.05) is 19.0 Å². The number of nitrogens with zero attached hydrogens (tertiary/aromatic N) is 1. The van der Waals surface area contributed by atoms with Crippen molar-refractivity contribution in [1.82, 2.24) is 4.90 Å². The molecule has 0 aliphatic carbocycles. The van der Waals surface area contributed by atoms with Crippen molar-refractivity contribution in [2.45, 2.75) is 19.8 Å². The first-order valence-corrected chi connectivity index (χ1v) is 3.74. The summed E-state index contributed by atoms with van der Waals surface area (Å²) in [6, 6.07) is 0. The van der Waals surface area contributed by atoms with E-state index in [1.165, 1.54) is 0 Å². The summed E-state index contributed by atoms with van der Waals surface area (Å²) >= 11 is 0. The van der Waals surface area contributed by atoms with E-state index in [4.69, 9.17) is 0 Å². The van der Waals surface area contributed by atoms with Crippen LogP contribution in [-0.4, -0.2) is 31.0 Å². The lowest BCUT2D eigenvalue weighted by molar-refractivity contribution is -0.0238. The Balaban J connectivity index is 2.06. The van der Waals surface area contributed by atoms with E-state index in [2.05, 4.69) is 11.8 Å². The number of hydrogen-bond donors (Lipinski definition) is 0. The van der Waals surface area contributed by atoms with E-state index < -0.39 is 6.43 Å². The molecule has 0 atom stereocenters. The van der Waals surface area contributed by atoms with Crippen molar-refractivity contribution in [3.63, 3.8) is 0 Å². The lowest BCUT2D eigenvalue weighted by Gasteiger charge is -2.38. The first-order chi connectivity index (χ1) is 4.74. The molecule has 0 saturated carbocycles. The van der Waals surface area contributed by atoms with Crippen molar-refractivity contribution in [2.75, 3.05) is 19.6 Å². The summed E-state index contributed by atoms with van der Waals surface area (Å²) in [6.45, 7) is 4.25.